The van der Waals surface area contributed by atoms with Gasteiger partial charge in [-0.3, -0.25) is 9.59 Å². The Kier molecular flexibility index (Phi) is 4.88. The lowest BCUT2D eigenvalue weighted by Crippen LogP contribution is -2.40. The normalized spacial score (nSPS) is 14.6. The Morgan fingerprint density at radius 1 is 0.920 bits per heavy atom. The van der Waals surface area contributed by atoms with E-state index in [1.54, 1.807) is 0 Å². The molecule has 0 radical (unpaired) electrons. The highest BCUT2D eigenvalue weighted by Gasteiger charge is 2.56. The number of nitrogens with one attached hydrogen (secondary N) is 2. The summed E-state index contributed by atoms with van der Waals surface area (Å²) in [5, 5.41) is 5.90. The SMILES string of the molecule is Cc1cccc(C)c1NC(=O)C1(C(=O)NCCc2ccccc2)CC1. The van der Waals surface area contributed by atoms with E-state index < -0.39 is 5.41 Å². The minimum atomic E-state index is -0.897. The first-order valence-corrected chi connectivity index (χ1v) is 8.73. The molecule has 0 unspecified atom stereocenters. The van der Waals surface area contributed by atoms with Crippen molar-refractivity contribution in [1.29, 1.82) is 0 Å². The number of anilines is 1. The Morgan fingerprint density at radius 3 is 2.16 bits per heavy atom. The highest BCUT2D eigenvalue weighted by atomic mass is 16.2. The molecule has 4 nitrogen and oxygen atoms in total. The number of carbonyl (C=O) groups excluding carboxylic acids is 2. The van der Waals surface area contributed by atoms with Crippen LogP contribution in [0.5, 0.6) is 0 Å². The zero-order valence-electron chi connectivity index (χ0n) is 14.8. The molecule has 130 valence electrons. The summed E-state index contributed by atoms with van der Waals surface area (Å²) in [4.78, 5) is 25.3. The fraction of sp³-hybridized carbons (Fsp3) is 0.333. The largest absolute Gasteiger partial charge is 0.355 e. The van der Waals surface area contributed by atoms with E-state index in [2.05, 4.69) is 10.6 Å². The first kappa shape index (κ1) is 17.2. The summed E-state index contributed by atoms with van der Waals surface area (Å²) >= 11 is 0. The van der Waals surface area contributed by atoms with Crippen molar-refractivity contribution in [1.82, 2.24) is 5.32 Å². The van der Waals surface area contributed by atoms with Gasteiger partial charge in [0.25, 0.3) is 0 Å². The Bertz CT molecular complexity index is 759. The second kappa shape index (κ2) is 7.09. The van der Waals surface area contributed by atoms with Gasteiger partial charge >= 0.3 is 0 Å². The van der Waals surface area contributed by atoms with E-state index in [0.717, 1.165) is 23.2 Å². The molecule has 4 heteroatoms. The van der Waals surface area contributed by atoms with Crippen molar-refractivity contribution in [2.45, 2.75) is 33.1 Å². The van der Waals surface area contributed by atoms with Crippen LogP contribution in [0, 0.1) is 19.3 Å². The van der Waals surface area contributed by atoms with Crippen LogP contribution in [0.3, 0.4) is 0 Å². The minimum Gasteiger partial charge on any atom is -0.355 e. The number of hydrogen-bond donors (Lipinski definition) is 2. The molecule has 0 aromatic heterocycles. The second-order valence-corrected chi connectivity index (χ2v) is 6.79. The van der Waals surface area contributed by atoms with Crippen LogP contribution in [0.15, 0.2) is 48.5 Å². The third-order valence-electron chi connectivity index (χ3n) is 4.88. The first-order chi connectivity index (χ1) is 12.0. The summed E-state index contributed by atoms with van der Waals surface area (Å²) in [6.07, 6.45) is 1.99. The fourth-order valence-electron chi connectivity index (χ4n) is 3.06. The molecule has 0 saturated heterocycles. The molecule has 1 saturated carbocycles. The van der Waals surface area contributed by atoms with Crippen LogP contribution in [0.1, 0.15) is 29.5 Å². The molecule has 3 rings (SSSR count). The van der Waals surface area contributed by atoms with Crippen molar-refractivity contribution in [2.75, 3.05) is 11.9 Å². The van der Waals surface area contributed by atoms with Crippen molar-refractivity contribution < 1.29 is 9.59 Å². The van der Waals surface area contributed by atoms with Gasteiger partial charge in [0.15, 0.2) is 0 Å². The number of carbonyl (C=O) groups is 2. The Hall–Kier alpha value is -2.62. The van der Waals surface area contributed by atoms with E-state index in [9.17, 15) is 9.59 Å². The van der Waals surface area contributed by atoms with Gasteiger partial charge in [0.2, 0.25) is 11.8 Å². The van der Waals surface area contributed by atoms with E-state index in [1.165, 1.54) is 5.56 Å². The van der Waals surface area contributed by atoms with Gasteiger partial charge in [-0.05, 0) is 49.8 Å². The number of amides is 2. The lowest BCUT2D eigenvalue weighted by molar-refractivity contribution is -0.134. The third kappa shape index (κ3) is 3.73. The number of hydrogen-bond acceptors (Lipinski definition) is 2. The molecule has 1 fully saturated rings. The van der Waals surface area contributed by atoms with Crippen LogP contribution >= 0.6 is 0 Å². The molecule has 0 atom stereocenters. The van der Waals surface area contributed by atoms with Gasteiger partial charge in [0.1, 0.15) is 5.41 Å². The summed E-state index contributed by atoms with van der Waals surface area (Å²) < 4.78 is 0. The standard InChI is InChI=1S/C21H24N2O2/c1-15-7-6-8-16(2)18(15)23-20(25)21(12-13-21)19(24)22-14-11-17-9-4-3-5-10-17/h3-10H,11-14H2,1-2H3,(H,22,24)(H,23,25). The van der Waals surface area contributed by atoms with Gasteiger partial charge in [-0.25, -0.2) is 0 Å². The minimum absolute atomic E-state index is 0.160. The second-order valence-electron chi connectivity index (χ2n) is 6.79. The Balaban J connectivity index is 1.59. The lowest BCUT2D eigenvalue weighted by atomic mass is 10.0. The molecule has 0 aliphatic heterocycles. The molecular formula is C21H24N2O2. The highest BCUT2D eigenvalue weighted by molar-refractivity contribution is 6.13. The maximum atomic E-state index is 12.7. The van der Waals surface area contributed by atoms with Crippen molar-refractivity contribution in [3.05, 3.63) is 65.2 Å². The van der Waals surface area contributed by atoms with E-state index in [0.29, 0.717) is 19.4 Å². The average Bonchev–Trinajstić information content (AvgIpc) is 3.41. The van der Waals surface area contributed by atoms with Gasteiger partial charge in [-0.2, -0.15) is 0 Å². The van der Waals surface area contributed by atoms with Gasteiger partial charge in [-0.1, -0.05) is 48.5 Å². The number of para-hydroxylation sites is 1. The molecule has 0 heterocycles. The summed E-state index contributed by atoms with van der Waals surface area (Å²) in [6.45, 7) is 4.46. The maximum Gasteiger partial charge on any atom is 0.240 e. The fourth-order valence-corrected chi connectivity index (χ4v) is 3.06. The highest BCUT2D eigenvalue weighted by Crippen LogP contribution is 2.47. The average molecular weight is 336 g/mol. The zero-order chi connectivity index (χ0) is 17.9. The van der Waals surface area contributed by atoms with Crippen LogP contribution < -0.4 is 10.6 Å². The van der Waals surface area contributed by atoms with E-state index in [-0.39, 0.29) is 11.8 Å². The predicted octanol–water partition coefficient (Wildman–Crippen LogP) is 3.38. The monoisotopic (exact) mass is 336 g/mol. The summed E-state index contributed by atoms with van der Waals surface area (Å²) in [5.74, 6) is -0.353. The smallest absolute Gasteiger partial charge is 0.240 e. The molecule has 2 N–H and O–H groups in total. The molecule has 0 bridgehead atoms. The zero-order valence-corrected chi connectivity index (χ0v) is 14.8. The molecule has 0 spiro atoms. The molecule has 2 amide bonds. The lowest BCUT2D eigenvalue weighted by Gasteiger charge is -2.17. The van der Waals surface area contributed by atoms with Crippen molar-refractivity contribution in [3.63, 3.8) is 0 Å². The Morgan fingerprint density at radius 2 is 1.56 bits per heavy atom. The topological polar surface area (TPSA) is 58.2 Å². The molecule has 25 heavy (non-hydrogen) atoms. The van der Waals surface area contributed by atoms with Gasteiger partial charge in [-0.15, -0.1) is 0 Å². The van der Waals surface area contributed by atoms with E-state index in [1.807, 2.05) is 62.4 Å². The molecular weight excluding hydrogens is 312 g/mol. The van der Waals surface area contributed by atoms with Crippen molar-refractivity contribution in [3.8, 4) is 0 Å². The van der Waals surface area contributed by atoms with E-state index >= 15 is 0 Å². The molecule has 2 aromatic carbocycles. The Labute approximate surface area is 148 Å². The van der Waals surface area contributed by atoms with E-state index in [4.69, 9.17) is 0 Å². The van der Waals surface area contributed by atoms with Gasteiger partial charge in [0.05, 0.1) is 0 Å². The summed E-state index contributed by atoms with van der Waals surface area (Å²) in [6, 6.07) is 15.9. The number of benzene rings is 2. The third-order valence-corrected chi connectivity index (χ3v) is 4.88. The van der Waals surface area contributed by atoms with Gasteiger partial charge in [0, 0.05) is 12.2 Å². The van der Waals surface area contributed by atoms with Crippen LogP contribution in [0.4, 0.5) is 5.69 Å². The van der Waals surface area contributed by atoms with Gasteiger partial charge < -0.3 is 10.6 Å². The summed E-state index contributed by atoms with van der Waals surface area (Å²) in [5.41, 5.74) is 3.11. The molecule has 1 aliphatic carbocycles. The quantitative estimate of drug-likeness (QED) is 0.795. The van der Waals surface area contributed by atoms with Crippen molar-refractivity contribution in [2.24, 2.45) is 5.41 Å². The first-order valence-electron chi connectivity index (χ1n) is 8.73. The van der Waals surface area contributed by atoms with Crippen molar-refractivity contribution >= 4 is 17.5 Å². The van der Waals surface area contributed by atoms with Crippen LogP contribution in [0.25, 0.3) is 0 Å². The predicted molar refractivity (Wildman–Crippen MR) is 99.4 cm³/mol. The van der Waals surface area contributed by atoms with Crippen LogP contribution in [0.2, 0.25) is 0 Å². The van der Waals surface area contributed by atoms with Crippen LogP contribution in [-0.4, -0.2) is 18.4 Å². The number of aryl methyl sites for hydroxylation is 2. The summed E-state index contributed by atoms with van der Waals surface area (Å²) in [7, 11) is 0. The molecule has 2 aromatic rings. The number of rotatable bonds is 6. The maximum absolute atomic E-state index is 12.7. The molecule has 1 aliphatic rings. The van der Waals surface area contributed by atoms with Crippen LogP contribution in [-0.2, 0) is 16.0 Å².